The van der Waals surface area contributed by atoms with E-state index in [1.54, 1.807) is 17.1 Å². The van der Waals surface area contributed by atoms with E-state index in [4.69, 9.17) is 0 Å². The summed E-state index contributed by atoms with van der Waals surface area (Å²) in [4.78, 5) is 30.0. The van der Waals surface area contributed by atoms with Gasteiger partial charge in [-0.05, 0) is 67.3 Å². The molecule has 1 aliphatic carbocycles. The molecule has 13 heteroatoms. The van der Waals surface area contributed by atoms with Crippen LogP contribution in [0.1, 0.15) is 55.7 Å². The number of hydrogen-bond acceptors (Lipinski definition) is 5. The molecule has 2 aromatic carbocycles. The maximum atomic E-state index is 14.4. The summed E-state index contributed by atoms with van der Waals surface area (Å²) in [6, 6.07) is 9.19. The number of para-hydroxylation sites is 1. The summed E-state index contributed by atoms with van der Waals surface area (Å²) in [5.41, 5.74) is 2.91. The lowest BCUT2D eigenvalue weighted by Gasteiger charge is -2.33. The van der Waals surface area contributed by atoms with Crippen molar-refractivity contribution in [2.45, 2.75) is 82.7 Å². The van der Waals surface area contributed by atoms with Crippen molar-refractivity contribution in [1.82, 2.24) is 25.1 Å². The van der Waals surface area contributed by atoms with Crippen molar-refractivity contribution in [3.05, 3.63) is 77.2 Å². The predicted molar refractivity (Wildman–Crippen MR) is 159 cm³/mol. The molecule has 2 atom stereocenters. The molecule has 1 fully saturated rings. The first-order valence-corrected chi connectivity index (χ1v) is 15.3. The summed E-state index contributed by atoms with van der Waals surface area (Å²) >= 11 is 0. The number of aromatic nitrogens is 2. The van der Waals surface area contributed by atoms with Gasteiger partial charge in [-0.15, -0.1) is 0 Å². The highest BCUT2D eigenvalue weighted by atomic mass is 19.4. The minimum absolute atomic E-state index is 0.0359. The normalized spacial score (nSPS) is 18.0. The first-order chi connectivity index (χ1) is 21.5. The van der Waals surface area contributed by atoms with Crippen LogP contribution in [0.5, 0.6) is 0 Å². The molecule has 2 heterocycles. The molecule has 45 heavy (non-hydrogen) atoms. The van der Waals surface area contributed by atoms with E-state index in [1.165, 1.54) is 6.07 Å². The lowest BCUT2D eigenvalue weighted by Crippen LogP contribution is -2.48. The number of anilines is 1. The Morgan fingerprint density at radius 3 is 2.56 bits per heavy atom. The van der Waals surface area contributed by atoms with Crippen LogP contribution >= 0.6 is 0 Å². The summed E-state index contributed by atoms with van der Waals surface area (Å²) in [5.74, 6) is -2.82. The van der Waals surface area contributed by atoms with Crippen molar-refractivity contribution < 1.29 is 31.5 Å². The molecule has 3 N–H and O–H groups in total. The largest absolute Gasteiger partial charge is 0.471 e. The number of alkyl halides is 3. The maximum Gasteiger partial charge on any atom is 0.471 e. The summed E-state index contributed by atoms with van der Waals surface area (Å²) in [6.07, 6.45) is 2.16. The van der Waals surface area contributed by atoms with Crippen LogP contribution in [-0.2, 0) is 29.0 Å². The number of piperidine rings is 1. The van der Waals surface area contributed by atoms with Crippen molar-refractivity contribution >= 4 is 17.6 Å². The number of likely N-dealkylation sites (tertiary alicyclic amines) is 1. The quantitative estimate of drug-likeness (QED) is 0.273. The number of halogens is 5. The number of nitrogens with zero attached hydrogens (tertiary/aromatic N) is 3. The lowest BCUT2D eigenvalue weighted by molar-refractivity contribution is -0.186. The molecule has 2 amide bonds. The van der Waals surface area contributed by atoms with Gasteiger partial charge in [0.05, 0.1) is 17.9 Å². The Labute approximate surface area is 258 Å². The second-order valence-electron chi connectivity index (χ2n) is 11.7. The molecule has 3 aromatic rings. The molecule has 5 rings (SSSR count). The molecule has 1 unspecified atom stereocenters. The molecule has 1 saturated heterocycles. The van der Waals surface area contributed by atoms with Crippen LogP contribution in [0.25, 0.3) is 5.69 Å². The maximum absolute atomic E-state index is 14.4. The monoisotopic (exact) mass is 632 g/mol. The zero-order chi connectivity index (χ0) is 32.1. The number of aryl methyl sites for hydroxylation is 1. The smallest absolute Gasteiger partial charge is 0.335 e. The summed E-state index contributed by atoms with van der Waals surface area (Å²) in [6.45, 7) is 2.52. The van der Waals surface area contributed by atoms with Gasteiger partial charge in [0.15, 0.2) is 5.82 Å². The molecule has 0 saturated carbocycles. The molecule has 0 spiro atoms. The van der Waals surface area contributed by atoms with Gasteiger partial charge < -0.3 is 25.4 Å². The average molecular weight is 633 g/mol. The van der Waals surface area contributed by atoms with Gasteiger partial charge in [-0.3, -0.25) is 9.59 Å². The van der Waals surface area contributed by atoms with E-state index < -0.39 is 29.8 Å². The molecular formula is C32H37F5N6O2. The van der Waals surface area contributed by atoms with Gasteiger partial charge in [-0.25, -0.2) is 13.8 Å². The molecule has 0 bridgehead atoms. The van der Waals surface area contributed by atoms with Crippen molar-refractivity contribution in [2.75, 3.05) is 18.4 Å². The molecule has 242 valence electrons. The predicted octanol–water partition coefficient (Wildman–Crippen LogP) is 5.05. The van der Waals surface area contributed by atoms with E-state index in [0.29, 0.717) is 62.0 Å². The number of nitrogens with one attached hydrogen (secondary N) is 3. The van der Waals surface area contributed by atoms with Crippen LogP contribution < -0.4 is 16.0 Å². The van der Waals surface area contributed by atoms with Crippen molar-refractivity contribution in [3.63, 3.8) is 0 Å². The SMILES string of the molecule is CCCC(N[C@H]1CCc2cc(F)cc(F)c2C1)C(=O)Nc1cn(-c2ccccc2CNC2CCN(C(=O)C(F)(F)F)CC2)cn1. The summed E-state index contributed by atoms with van der Waals surface area (Å²) in [7, 11) is 0. The van der Waals surface area contributed by atoms with Crippen LogP contribution in [-0.4, -0.2) is 63.7 Å². The fourth-order valence-corrected chi connectivity index (χ4v) is 6.16. The highest BCUT2D eigenvalue weighted by molar-refractivity contribution is 5.94. The minimum Gasteiger partial charge on any atom is -0.335 e. The van der Waals surface area contributed by atoms with E-state index in [0.717, 1.165) is 28.6 Å². The van der Waals surface area contributed by atoms with Gasteiger partial charge >= 0.3 is 12.1 Å². The van der Waals surface area contributed by atoms with E-state index in [1.807, 2.05) is 31.2 Å². The lowest BCUT2D eigenvalue weighted by atomic mass is 9.87. The third-order valence-corrected chi connectivity index (χ3v) is 8.51. The van der Waals surface area contributed by atoms with Crippen LogP contribution in [0.3, 0.4) is 0 Å². The summed E-state index contributed by atoms with van der Waals surface area (Å²) < 4.78 is 68.1. The van der Waals surface area contributed by atoms with E-state index >= 15 is 0 Å². The molecule has 1 aromatic heterocycles. The first kappa shape index (κ1) is 32.6. The number of imidazole rings is 1. The number of rotatable bonds is 10. The van der Waals surface area contributed by atoms with Crippen LogP contribution in [0, 0.1) is 11.6 Å². The Hall–Kier alpha value is -3.84. The average Bonchev–Trinajstić information content (AvgIpc) is 3.47. The van der Waals surface area contributed by atoms with E-state index in [-0.39, 0.29) is 31.1 Å². The van der Waals surface area contributed by atoms with Gasteiger partial charge in [-0.1, -0.05) is 31.5 Å². The highest BCUT2D eigenvalue weighted by Gasteiger charge is 2.43. The standard InChI is InChI=1S/C32H37F5N6O2/c1-2-5-27(40-24-9-8-20-14-22(33)15-26(34)25(20)16-24)30(44)41-29-18-43(19-39-29)28-7-4-3-6-21(28)17-38-23-10-12-42(13-11-23)31(45)32(35,36)37/h3-4,6-7,14-15,18-19,23-24,27,38,40H,2,5,8-13,16-17H2,1H3,(H,41,44)/t24-,27?/m0/s1. The number of carbonyl (C=O) groups is 2. The van der Waals surface area contributed by atoms with Crippen molar-refractivity contribution in [2.24, 2.45) is 0 Å². The molecule has 0 radical (unpaired) electrons. The van der Waals surface area contributed by atoms with E-state index in [2.05, 4.69) is 20.9 Å². The number of hydrogen-bond donors (Lipinski definition) is 3. The Kier molecular flexibility index (Phi) is 10.2. The zero-order valence-electron chi connectivity index (χ0n) is 25.0. The third-order valence-electron chi connectivity index (χ3n) is 8.51. The van der Waals surface area contributed by atoms with Gasteiger partial charge in [-0.2, -0.15) is 13.2 Å². The number of carbonyl (C=O) groups excluding carboxylic acids is 2. The first-order valence-electron chi connectivity index (χ1n) is 15.3. The van der Waals surface area contributed by atoms with Crippen molar-refractivity contribution in [3.8, 4) is 5.69 Å². The second kappa shape index (κ2) is 14.1. The summed E-state index contributed by atoms with van der Waals surface area (Å²) in [5, 5.41) is 9.66. The topological polar surface area (TPSA) is 91.3 Å². The molecular weight excluding hydrogens is 595 g/mol. The van der Waals surface area contributed by atoms with Crippen molar-refractivity contribution in [1.29, 1.82) is 0 Å². The molecule has 1 aliphatic heterocycles. The van der Waals surface area contributed by atoms with Gasteiger partial charge in [0.1, 0.15) is 18.0 Å². The fraction of sp³-hybridized carbons (Fsp3) is 0.469. The van der Waals surface area contributed by atoms with E-state index in [9.17, 15) is 31.5 Å². The number of amides is 2. The fourth-order valence-electron chi connectivity index (χ4n) is 6.16. The van der Waals surface area contributed by atoms with Crippen LogP contribution in [0.2, 0.25) is 0 Å². The van der Waals surface area contributed by atoms with Gasteiger partial charge in [0, 0.05) is 37.8 Å². The van der Waals surface area contributed by atoms with Crippen LogP contribution in [0.4, 0.5) is 27.8 Å². The number of fused-ring (bicyclic) bond motifs is 1. The van der Waals surface area contributed by atoms with Crippen LogP contribution in [0.15, 0.2) is 48.9 Å². The Morgan fingerprint density at radius 1 is 1.07 bits per heavy atom. The third kappa shape index (κ3) is 8.06. The highest BCUT2D eigenvalue weighted by Crippen LogP contribution is 2.26. The second-order valence-corrected chi connectivity index (χ2v) is 11.7. The Morgan fingerprint density at radius 2 is 1.82 bits per heavy atom. The number of benzene rings is 2. The molecule has 8 nitrogen and oxygen atoms in total. The van der Waals surface area contributed by atoms with Gasteiger partial charge in [0.2, 0.25) is 5.91 Å². The Balaban J connectivity index is 1.17. The molecule has 2 aliphatic rings. The Bertz CT molecular complexity index is 1500. The minimum atomic E-state index is -4.86. The zero-order valence-corrected chi connectivity index (χ0v) is 25.0. The van der Waals surface area contributed by atoms with Gasteiger partial charge in [0.25, 0.3) is 0 Å².